The average molecular weight is 220 g/mol. The quantitative estimate of drug-likeness (QED) is 0.498. The van der Waals surface area contributed by atoms with Crippen molar-refractivity contribution in [2.75, 3.05) is 0 Å². The summed E-state index contributed by atoms with van der Waals surface area (Å²) in [4.78, 5) is 0. The van der Waals surface area contributed by atoms with Crippen molar-refractivity contribution < 1.29 is 9.31 Å². The van der Waals surface area contributed by atoms with E-state index in [1.165, 1.54) is 5.47 Å². The van der Waals surface area contributed by atoms with E-state index in [-0.39, 0.29) is 18.3 Å². The van der Waals surface area contributed by atoms with Gasteiger partial charge in [0.2, 0.25) is 0 Å². The SMILES string of the molecule is CC1(C)OB(C2=CCC=CCC2)OC1(C)C. The number of hydrogen-bond donors (Lipinski definition) is 0. The zero-order valence-electron chi connectivity index (χ0n) is 10.7. The molecule has 0 amide bonds. The van der Waals surface area contributed by atoms with Crippen molar-refractivity contribution in [3.8, 4) is 0 Å². The van der Waals surface area contributed by atoms with Gasteiger partial charge >= 0.3 is 7.12 Å². The molecule has 2 aliphatic rings. The van der Waals surface area contributed by atoms with Crippen LogP contribution in [-0.4, -0.2) is 18.3 Å². The standard InChI is InChI=1S/C13H21BO2/c1-12(2)13(3,4)16-14(15-12)11-9-7-5-6-8-10-11/h5-6,9H,7-8,10H2,1-4H3. The highest BCUT2D eigenvalue weighted by Crippen LogP contribution is 2.39. The van der Waals surface area contributed by atoms with E-state index in [1.54, 1.807) is 0 Å². The van der Waals surface area contributed by atoms with Gasteiger partial charge in [-0.15, -0.1) is 0 Å². The van der Waals surface area contributed by atoms with Gasteiger partial charge in [0.05, 0.1) is 11.2 Å². The smallest absolute Gasteiger partial charge is 0.400 e. The van der Waals surface area contributed by atoms with Gasteiger partial charge in [0.25, 0.3) is 0 Å². The fourth-order valence-corrected chi connectivity index (χ4v) is 1.99. The van der Waals surface area contributed by atoms with Crippen molar-refractivity contribution in [3.05, 3.63) is 23.7 Å². The van der Waals surface area contributed by atoms with Crippen LogP contribution in [0.1, 0.15) is 47.0 Å². The summed E-state index contributed by atoms with van der Waals surface area (Å²) in [5, 5.41) is 0. The normalized spacial score (nSPS) is 27.8. The fraction of sp³-hybridized carbons (Fsp3) is 0.692. The summed E-state index contributed by atoms with van der Waals surface area (Å²) in [6, 6.07) is 0. The minimum atomic E-state index is -0.224. The maximum absolute atomic E-state index is 6.04. The minimum Gasteiger partial charge on any atom is -0.400 e. The van der Waals surface area contributed by atoms with Gasteiger partial charge in [-0.3, -0.25) is 0 Å². The molecule has 88 valence electrons. The Balaban J connectivity index is 2.11. The van der Waals surface area contributed by atoms with Gasteiger partial charge in [-0.25, -0.2) is 0 Å². The van der Waals surface area contributed by atoms with Gasteiger partial charge in [0.1, 0.15) is 0 Å². The minimum absolute atomic E-state index is 0.148. The molecule has 0 aromatic carbocycles. The summed E-state index contributed by atoms with van der Waals surface area (Å²) in [5.74, 6) is 0. The van der Waals surface area contributed by atoms with E-state index >= 15 is 0 Å². The third kappa shape index (κ3) is 2.11. The predicted octanol–water partition coefficient (Wildman–Crippen LogP) is 3.28. The lowest BCUT2D eigenvalue weighted by molar-refractivity contribution is 0.00578. The van der Waals surface area contributed by atoms with Gasteiger partial charge in [0, 0.05) is 0 Å². The van der Waals surface area contributed by atoms with E-state index in [0.29, 0.717) is 0 Å². The van der Waals surface area contributed by atoms with Crippen LogP contribution in [-0.2, 0) is 9.31 Å². The van der Waals surface area contributed by atoms with E-state index < -0.39 is 0 Å². The first-order valence-electron chi connectivity index (χ1n) is 6.12. The molecule has 1 saturated heterocycles. The lowest BCUT2D eigenvalue weighted by Gasteiger charge is -2.32. The zero-order valence-corrected chi connectivity index (χ0v) is 10.7. The van der Waals surface area contributed by atoms with Crippen LogP contribution in [0.4, 0.5) is 0 Å². The van der Waals surface area contributed by atoms with Crippen molar-refractivity contribution >= 4 is 7.12 Å². The fourth-order valence-electron chi connectivity index (χ4n) is 1.99. The molecule has 0 N–H and O–H groups in total. The molecule has 1 fully saturated rings. The Hall–Kier alpha value is -0.535. The molecule has 0 atom stereocenters. The molecule has 3 heteroatoms. The summed E-state index contributed by atoms with van der Waals surface area (Å²) < 4.78 is 12.1. The first-order chi connectivity index (χ1) is 7.42. The Kier molecular flexibility index (Phi) is 3.02. The first kappa shape index (κ1) is 11.9. The Morgan fingerprint density at radius 3 is 2.31 bits per heavy atom. The van der Waals surface area contributed by atoms with Gasteiger partial charge in [-0.05, 0) is 52.4 Å². The summed E-state index contributed by atoms with van der Waals surface area (Å²) in [6.45, 7) is 8.40. The molecule has 0 unspecified atom stereocenters. The molecule has 0 radical (unpaired) electrons. The monoisotopic (exact) mass is 220 g/mol. The third-order valence-electron chi connectivity index (χ3n) is 3.84. The number of allylic oxidation sites excluding steroid dienone is 4. The largest absolute Gasteiger partial charge is 0.490 e. The van der Waals surface area contributed by atoms with Crippen LogP contribution in [0.5, 0.6) is 0 Å². The van der Waals surface area contributed by atoms with Crippen molar-refractivity contribution in [3.63, 3.8) is 0 Å². The molecular weight excluding hydrogens is 199 g/mol. The van der Waals surface area contributed by atoms with Gasteiger partial charge in [-0.2, -0.15) is 0 Å². The molecule has 1 heterocycles. The van der Waals surface area contributed by atoms with Crippen LogP contribution in [0.25, 0.3) is 0 Å². The Morgan fingerprint density at radius 2 is 1.69 bits per heavy atom. The van der Waals surface area contributed by atoms with Gasteiger partial charge in [-0.1, -0.05) is 18.2 Å². The lowest BCUT2D eigenvalue weighted by atomic mass is 9.75. The Bertz CT molecular complexity index is 313. The molecule has 1 aliphatic carbocycles. The van der Waals surface area contributed by atoms with Crippen molar-refractivity contribution in [1.29, 1.82) is 0 Å². The van der Waals surface area contributed by atoms with Crippen LogP contribution in [0, 0.1) is 0 Å². The second kappa shape index (κ2) is 4.04. The maximum Gasteiger partial charge on any atom is 0.490 e. The molecule has 0 bridgehead atoms. The van der Waals surface area contributed by atoms with Crippen molar-refractivity contribution in [2.24, 2.45) is 0 Å². The molecule has 0 aromatic rings. The topological polar surface area (TPSA) is 18.5 Å². The van der Waals surface area contributed by atoms with Crippen molar-refractivity contribution in [2.45, 2.75) is 58.2 Å². The summed E-state index contributed by atoms with van der Waals surface area (Å²) in [6.07, 6.45) is 9.82. The van der Waals surface area contributed by atoms with E-state index in [0.717, 1.165) is 19.3 Å². The Morgan fingerprint density at radius 1 is 1.06 bits per heavy atom. The van der Waals surface area contributed by atoms with Crippen LogP contribution in [0.15, 0.2) is 23.7 Å². The predicted molar refractivity (Wildman–Crippen MR) is 67.2 cm³/mol. The highest BCUT2D eigenvalue weighted by molar-refractivity contribution is 6.54. The molecule has 2 rings (SSSR count). The van der Waals surface area contributed by atoms with Crippen LogP contribution >= 0.6 is 0 Å². The summed E-state index contributed by atoms with van der Waals surface area (Å²) in [7, 11) is -0.148. The molecular formula is C13H21BO2. The maximum atomic E-state index is 6.04. The average Bonchev–Trinajstić information content (AvgIpc) is 2.42. The van der Waals surface area contributed by atoms with Crippen molar-refractivity contribution in [1.82, 2.24) is 0 Å². The van der Waals surface area contributed by atoms with Gasteiger partial charge < -0.3 is 9.31 Å². The lowest BCUT2D eigenvalue weighted by Crippen LogP contribution is -2.41. The van der Waals surface area contributed by atoms with E-state index in [9.17, 15) is 0 Å². The summed E-state index contributed by atoms with van der Waals surface area (Å²) in [5.41, 5.74) is 0.847. The molecule has 0 aromatic heterocycles. The highest BCUT2D eigenvalue weighted by atomic mass is 16.7. The molecule has 16 heavy (non-hydrogen) atoms. The molecule has 1 aliphatic heterocycles. The van der Waals surface area contributed by atoms with Crippen LogP contribution in [0.2, 0.25) is 0 Å². The second-order valence-corrected chi connectivity index (χ2v) is 5.61. The van der Waals surface area contributed by atoms with E-state index in [1.807, 2.05) is 0 Å². The molecule has 2 nitrogen and oxygen atoms in total. The summed E-state index contributed by atoms with van der Waals surface area (Å²) >= 11 is 0. The third-order valence-corrected chi connectivity index (χ3v) is 3.84. The molecule has 0 saturated carbocycles. The first-order valence-corrected chi connectivity index (χ1v) is 6.12. The highest BCUT2D eigenvalue weighted by Gasteiger charge is 2.52. The van der Waals surface area contributed by atoms with Crippen LogP contribution < -0.4 is 0 Å². The zero-order chi connectivity index (χ0) is 11.8. The molecule has 0 spiro atoms. The Labute approximate surface area is 98.8 Å². The number of hydrogen-bond acceptors (Lipinski definition) is 2. The number of rotatable bonds is 1. The second-order valence-electron chi connectivity index (χ2n) is 5.61. The van der Waals surface area contributed by atoms with E-state index in [2.05, 4.69) is 45.9 Å². The van der Waals surface area contributed by atoms with Crippen LogP contribution in [0.3, 0.4) is 0 Å². The van der Waals surface area contributed by atoms with Gasteiger partial charge in [0.15, 0.2) is 0 Å². The van der Waals surface area contributed by atoms with E-state index in [4.69, 9.17) is 9.31 Å².